The number of nitrogens with one attached hydrogen (secondary N) is 2. The van der Waals surface area contributed by atoms with Crippen molar-refractivity contribution in [2.24, 2.45) is 0 Å². The average Bonchev–Trinajstić information content (AvgIpc) is 3.27. The largest absolute Gasteiger partial charge is 0.467 e. The lowest BCUT2D eigenvalue weighted by Crippen LogP contribution is -2.52. The van der Waals surface area contributed by atoms with E-state index in [2.05, 4.69) is 34.9 Å². The molecular weight excluding hydrogens is 500 g/mol. The first-order valence-electron chi connectivity index (χ1n) is 12.5. The van der Waals surface area contributed by atoms with Crippen LogP contribution in [0.1, 0.15) is 29.0 Å². The van der Waals surface area contributed by atoms with Crippen LogP contribution in [0.2, 0.25) is 0 Å². The SMILES string of the molecule is COC(=O)[C@H](Cc1ccccc1)NC(=O)[C@H](CCSC)NC(=O)OCC1c2ccccc2-c2ccccc21. The number of ether oxygens (including phenoxy) is 2. The second-order valence-electron chi connectivity index (χ2n) is 9.08. The molecule has 0 bridgehead atoms. The Morgan fingerprint density at radius 1 is 0.842 bits per heavy atom. The monoisotopic (exact) mass is 532 g/mol. The Kier molecular flexibility index (Phi) is 9.43. The number of carbonyl (C=O) groups is 3. The van der Waals surface area contributed by atoms with Gasteiger partial charge < -0.3 is 20.1 Å². The highest BCUT2D eigenvalue weighted by molar-refractivity contribution is 7.98. The van der Waals surface area contributed by atoms with Gasteiger partial charge in [0.2, 0.25) is 5.91 Å². The van der Waals surface area contributed by atoms with E-state index in [1.807, 2.05) is 60.9 Å². The summed E-state index contributed by atoms with van der Waals surface area (Å²) < 4.78 is 10.6. The molecule has 0 aromatic heterocycles. The van der Waals surface area contributed by atoms with Crippen molar-refractivity contribution < 1.29 is 23.9 Å². The minimum Gasteiger partial charge on any atom is -0.467 e. The molecule has 7 nitrogen and oxygen atoms in total. The lowest BCUT2D eigenvalue weighted by molar-refractivity contribution is -0.145. The molecule has 0 spiro atoms. The molecule has 4 rings (SSSR count). The molecule has 0 fully saturated rings. The maximum Gasteiger partial charge on any atom is 0.407 e. The van der Waals surface area contributed by atoms with Gasteiger partial charge in [0.15, 0.2) is 0 Å². The molecule has 1 aliphatic rings. The number of benzene rings is 3. The smallest absolute Gasteiger partial charge is 0.407 e. The number of amides is 2. The van der Waals surface area contributed by atoms with Crippen LogP contribution in [-0.2, 0) is 25.5 Å². The summed E-state index contributed by atoms with van der Waals surface area (Å²) in [6.07, 6.45) is 1.91. The summed E-state index contributed by atoms with van der Waals surface area (Å²) in [6.45, 7) is 0.148. The molecule has 0 aliphatic heterocycles. The van der Waals surface area contributed by atoms with Crippen LogP contribution in [0.15, 0.2) is 78.9 Å². The Balaban J connectivity index is 1.41. The zero-order valence-electron chi connectivity index (χ0n) is 21.5. The van der Waals surface area contributed by atoms with Crippen molar-refractivity contribution >= 4 is 29.7 Å². The number of hydrogen-bond acceptors (Lipinski definition) is 6. The Hall–Kier alpha value is -3.78. The van der Waals surface area contributed by atoms with Crippen LogP contribution in [-0.4, -0.2) is 55.8 Å². The molecule has 2 N–H and O–H groups in total. The Bertz CT molecular complexity index is 1220. The molecule has 0 heterocycles. The van der Waals surface area contributed by atoms with E-state index in [-0.39, 0.29) is 18.9 Å². The fraction of sp³-hybridized carbons (Fsp3) is 0.300. The Labute approximate surface area is 227 Å². The van der Waals surface area contributed by atoms with E-state index in [0.717, 1.165) is 27.8 Å². The van der Waals surface area contributed by atoms with Gasteiger partial charge in [0, 0.05) is 12.3 Å². The van der Waals surface area contributed by atoms with E-state index in [0.29, 0.717) is 12.2 Å². The Morgan fingerprint density at radius 3 is 2.05 bits per heavy atom. The summed E-state index contributed by atoms with van der Waals surface area (Å²) >= 11 is 1.56. The lowest BCUT2D eigenvalue weighted by Gasteiger charge is -2.22. The van der Waals surface area contributed by atoms with Crippen molar-refractivity contribution in [1.82, 2.24) is 10.6 Å². The average molecular weight is 533 g/mol. The van der Waals surface area contributed by atoms with Crippen LogP contribution in [0.3, 0.4) is 0 Å². The summed E-state index contributed by atoms with van der Waals surface area (Å²) in [5.41, 5.74) is 5.39. The van der Waals surface area contributed by atoms with Gasteiger partial charge in [-0.2, -0.15) is 11.8 Å². The van der Waals surface area contributed by atoms with Gasteiger partial charge in [0.25, 0.3) is 0 Å². The van der Waals surface area contributed by atoms with Gasteiger partial charge in [0.1, 0.15) is 18.7 Å². The minimum atomic E-state index is -0.879. The molecule has 3 aromatic carbocycles. The normalized spacial score (nSPS) is 13.5. The van der Waals surface area contributed by atoms with E-state index >= 15 is 0 Å². The fourth-order valence-electron chi connectivity index (χ4n) is 4.74. The highest BCUT2D eigenvalue weighted by Gasteiger charge is 2.31. The molecule has 3 aromatic rings. The molecule has 1 aliphatic carbocycles. The first kappa shape index (κ1) is 27.3. The van der Waals surface area contributed by atoms with Crippen molar-refractivity contribution in [3.63, 3.8) is 0 Å². The van der Waals surface area contributed by atoms with E-state index in [4.69, 9.17) is 9.47 Å². The molecule has 2 amide bonds. The second-order valence-corrected chi connectivity index (χ2v) is 10.1. The number of hydrogen-bond donors (Lipinski definition) is 2. The van der Waals surface area contributed by atoms with E-state index in [9.17, 15) is 14.4 Å². The molecular formula is C30H32N2O5S. The third-order valence-electron chi connectivity index (χ3n) is 6.65. The number of esters is 1. The number of alkyl carbamates (subject to hydrolysis) is 1. The number of fused-ring (bicyclic) bond motifs is 3. The summed E-state index contributed by atoms with van der Waals surface area (Å²) in [5, 5.41) is 5.47. The van der Waals surface area contributed by atoms with Gasteiger partial charge in [0.05, 0.1) is 7.11 Å². The van der Waals surface area contributed by atoms with E-state index in [1.165, 1.54) is 7.11 Å². The summed E-state index contributed by atoms with van der Waals surface area (Å²) in [5.74, 6) is -0.449. The minimum absolute atomic E-state index is 0.0822. The van der Waals surface area contributed by atoms with E-state index < -0.39 is 30.1 Å². The van der Waals surface area contributed by atoms with Gasteiger partial charge in [-0.15, -0.1) is 0 Å². The zero-order valence-corrected chi connectivity index (χ0v) is 22.3. The number of rotatable bonds is 11. The number of carbonyl (C=O) groups excluding carboxylic acids is 3. The van der Waals surface area contributed by atoms with Crippen LogP contribution in [0, 0.1) is 0 Å². The summed E-state index contributed by atoms with van der Waals surface area (Å²) in [6, 6.07) is 23.8. The van der Waals surface area contributed by atoms with Crippen molar-refractivity contribution in [3.05, 3.63) is 95.6 Å². The third-order valence-corrected chi connectivity index (χ3v) is 7.29. The van der Waals surface area contributed by atoms with Crippen molar-refractivity contribution in [2.45, 2.75) is 30.8 Å². The predicted octanol–water partition coefficient (Wildman–Crippen LogP) is 4.55. The maximum atomic E-state index is 13.2. The van der Waals surface area contributed by atoms with Gasteiger partial charge in [-0.1, -0.05) is 78.9 Å². The molecule has 2 atom stereocenters. The summed E-state index contributed by atoms with van der Waals surface area (Å²) in [4.78, 5) is 38.5. The zero-order chi connectivity index (χ0) is 26.9. The predicted molar refractivity (Wildman–Crippen MR) is 149 cm³/mol. The molecule has 198 valence electrons. The molecule has 0 unspecified atom stereocenters. The highest BCUT2D eigenvalue weighted by Crippen LogP contribution is 2.44. The van der Waals surface area contributed by atoms with E-state index in [1.54, 1.807) is 11.8 Å². The third kappa shape index (κ3) is 6.55. The maximum absolute atomic E-state index is 13.2. The highest BCUT2D eigenvalue weighted by atomic mass is 32.2. The topological polar surface area (TPSA) is 93.7 Å². The molecule has 8 heteroatoms. The van der Waals surface area contributed by atoms with Gasteiger partial charge in [-0.25, -0.2) is 9.59 Å². The molecule has 0 saturated heterocycles. The molecule has 0 saturated carbocycles. The Morgan fingerprint density at radius 2 is 1.45 bits per heavy atom. The number of methoxy groups -OCH3 is 1. The lowest BCUT2D eigenvalue weighted by atomic mass is 9.98. The molecule has 0 radical (unpaired) electrons. The number of thioether (sulfide) groups is 1. The van der Waals surface area contributed by atoms with Crippen LogP contribution >= 0.6 is 11.8 Å². The van der Waals surface area contributed by atoms with Crippen molar-refractivity contribution in [3.8, 4) is 11.1 Å². The van der Waals surface area contributed by atoms with Gasteiger partial charge >= 0.3 is 12.1 Å². The van der Waals surface area contributed by atoms with Gasteiger partial charge in [-0.3, -0.25) is 4.79 Å². The molecule has 38 heavy (non-hydrogen) atoms. The summed E-state index contributed by atoms with van der Waals surface area (Å²) in [7, 11) is 1.28. The standard InChI is InChI=1S/C30H32N2O5S/c1-36-29(34)27(18-20-10-4-3-5-11-20)31-28(33)26(16-17-38-2)32-30(35)37-19-25-23-14-8-6-12-21(23)22-13-7-9-15-24(22)25/h3-15,25-27H,16-19H2,1-2H3,(H,31,33)(H,32,35)/t26-,27-/m0/s1. The van der Waals surface area contributed by atoms with Crippen LogP contribution in [0.5, 0.6) is 0 Å². The second kappa shape index (κ2) is 13.1. The van der Waals surface area contributed by atoms with Crippen LogP contribution in [0.4, 0.5) is 4.79 Å². The van der Waals surface area contributed by atoms with Crippen molar-refractivity contribution in [2.75, 3.05) is 25.7 Å². The van der Waals surface area contributed by atoms with Crippen LogP contribution in [0.25, 0.3) is 11.1 Å². The van der Waals surface area contributed by atoms with Gasteiger partial charge in [-0.05, 0) is 46.2 Å². The van der Waals surface area contributed by atoms with Crippen LogP contribution < -0.4 is 10.6 Å². The quantitative estimate of drug-likeness (QED) is 0.352. The first-order valence-corrected chi connectivity index (χ1v) is 13.9. The first-order chi connectivity index (χ1) is 18.5. The van der Waals surface area contributed by atoms with Crippen molar-refractivity contribution in [1.29, 1.82) is 0 Å². The fourth-order valence-corrected chi connectivity index (χ4v) is 5.22.